The van der Waals surface area contributed by atoms with Gasteiger partial charge in [-0.2, -0.15) is 26.3 Å². The lowest BCUT2D eigenvalue weighted by atomic mass is 9.92. The van der Waals surface area contributed by atoms with Crippen LogP contribution in [-0.4, -0.2) is 37.7 Å². The number of halogens is 6. The molecule has 2 aromatic carbocycles. The van der Waals surface area contributed by atoms with Crippen LogP contribution in [0.4, 0.5) is 43.4 Å². The van der Waals surface area contributed by atoms with Crippen molar-refractivity contribution >= 4 is 23.0 Å². The summed E-state index contributed by atoms with van der Waals surface area (Å²) in [5, 5.41) is 8.85. The summed E-state index contributed by atoms with van der Waals surface area (Å²) in [5.41, 5.74) is 4.47. The fourth-order valence-corrected chi connectivity index (χ4v) is 4.07. The zero-order valence-electron chi connectivity index (χ0n) is 20.0. The zero-order valence-corrected chi connectivity index (χ0v) is 20.0. The van der Waals surface area contributed by atoms with E-state index in [9.17, 15) is 31.1 Å². The average molecular weight is 533 g/mol. The fraction of sp³-hybridized carbons (Fsp3) is 0.480. The zero-order chi connectivity index (χ0) is 27.1. The van der Waals surface area contributed by atoms with E-state index in [4.69, 9.17) is 10.5 Å². The fourth-order valence-electron chi connectivity index (χ4n) is 4.07. The van der Waals surface area contributed by atoms with E-state index in [0.29, 0.717) is 56.6 Å². The van der Waals surface area contributed by atoms with Crippen LogP contribution < -0.4 is 21.7 Å². The molecule has 0 aliphatic heterocycles. The molecule has 1 fully saturated rings. The third kappa shape index (κ3) is 9.03. The summed E-state index contributed by atoms with van der Waals surface area (Å²) in [5.74, 6) is -0.267. The third-order valence-electron chi connectivity index (χ3n) is 6.07. The van der Waals surface area contributed by atoms with Gasteiger partial charge in [-0.05, 0) is 74.6 Å². The van der Waals surface area contributed by atoms with Gasteiger partial charge in [0.1, 0.15) is 6.61 Å². The van der Waals surface area contributed by atoms with Gasteiger partial charge in [0.05, 0.1) is 17.2 Å². The Bertz CT molecular complexity index is 1020. The Morgan fingerprint density at radius 2 is 1.54 bits per heavy atom. The van der Waals surface area contributed by atoms with Crippen LogP contribution in [0.1, 0.15) is 43.2 Å². The van der Waals surface area contributed by atoms with E-state index in [0.717, 1.165) is 18.2 Å². The van der Waals surface area contributed by atoms with Crippen molar-refractivity contribution in [3.8, 4) is 0 Å². The summed E-state index contributed by atoms with van der Waals surface area (Å²) in [4.78, 5) is 12.0. The molecule has 37 heavy (non-hydrogen) atoms. The first kappa shape index (κ1) is 28.4. The predicted octanol–water partition coefficient (Wildman–Crippen LogP) is 5.66. The van der Waals surface area contributed by atoms with E-state index in [1.54, 1.807) is 0 Å². The minimum absolute atomic E-state index is 0.00412. The summed E-state index contributed by atoms with van der Waals surface area (Å²) >= 11 is 0. The van der Waals surface area contributed by atoms with Crippen LogP contribution in [0.15, 0.2) is 42.5 Å². The summed E-state index contributed by atoms with van der Waals surface area (Å²) < 4.78 is 82.5. The summed E-state index contributed by atoms with van der Waals surface area (Å²) in [6.07, 6.45) is -5.71. The highest BCUT2D eigenvalue weighted by atomic mass is 19.4. The van der Waals surface area contributed by atoms with E-state index >= 15 is 0 Å². The molecule has 0 aromatic heterocycles. The molecule has 1 amide bonds. The second-order valence-electron chi connectivity index (χ2n) is 8.93. The van der Waals surface area contributed by atoms with Crippen molar-refractivity contribution in [2.45, 2.75) is 56.6 Å². The first-order valence-corrected chi connectivity index (χ1v) is 11.9. The minimum Gasteiger partial charge on any atom is -0.398 e. The SMILES string of the molecule is Nc1ccc(NC2CCC(OCC(=O)NCCCNc3ccc(C(F)(F)F)cc3)CC2)cc1C(F)(F)F. The van der Waals surface area contributed by atoms with Crippen LogP contribution >= 0.6 is 0 Å². The average Bonchev–Trinajstić information content (AvgIpc) is 2.83. The van der Waals surface area contributed by atoms with Crippen molar-refractivity contribution in [2.24, 2.45) is 0 Å². The molecule has 0 radical (unpaired) electrons. The number of ether oxygens (including phenoxy) is 1. The second-order valence-corrected chi connectivity index (χ2v) is 8.93. The molecule has 1 aliphatic carbocycles. The first-order chi connectivity index (χ1) is 17.4. The summed E-state index contributed by atoms with van der Waals surface area (Å²) in [6.45, 7) is 0.762. The van der Waals surface area contributed by atoms with Crippen molar-refractivity contribution in [3.05, 3.63) is 53.6 Å². The van der Waals surface area contributed by atoms with E-state index in [1.807, 2.05) is 0 Å². The Kier molecular flexibility index (Phi) is 9.52. The van der Waals surface area contributed by atoms with Crippen LogP contribution in [0.25, 0.3) is 0 Å². The van der Waals surface area contributed by atoms with Gasteiger partial charge in [-0.1, -0.05) is 0 Å². The molecule has 6 nitrogen and oxygen atoms in total. The molecule has 1 saturated carbocycles. The maximum atomic E-state index is 13.0. The van der Waals surface area contributed by atoms with Gasteiger partial charge in [0, 0.05) is 36.2 Å². The smallest absolute Gasteiger partial charge is 0.398 e. The lowest BCUT2D eigenvalue weighted by Crippen LogP contribution is -2.34. The molecule has 0 unspecified atom stereocenters. The number of carbonyl (C=O) groups excluding carboxylic acids is 1. The molecular weight excluding hydrogens is 502 g/mol. The molecule has 0 spiro atoms. The van der Waals surface area contributed by atoms with Crippen molar-refractivity contribution in [1.29, 1.82) is 0 Å². The van der Waals surface area contributed by atoms with E-state index in [1.165, 1.54) is 24.3 Å². The number of nitrogens with two attached hydrogens (primary N) is 1. The number of benzene rings is 2. The molecule has 0 saturated heterocycles. The number of hydrogen-bond acceptors (Lipinski definition) is 5. The molecular formula is C25H30F6N4O2. The van der Waals surface area contributed by atoms with Crippen molar-refractivity contribution in [1.82, 2.24) is 5.32 Å². The molecule has 1 aliphatic rings. The van der Waals surface area contributed by atoms with Gasteiger partial charge in [0.25, 0.3) is 0 Å². The van der Waals surface area contributed by atoms with Gasteiger partial charge in [0.15, 0.2) is 0 Å². The van der Waals surface area contributed by atoms with Crippen molar-refractivity contribution in [3.63, 3.8) is 0 Å². The van der Waals surface area contributed by atoms with Crippen LogP contribution in [0.3, 0.4) is 0 Å². The number of rotatable bonds is 10. The molecule has 0 atom stereocenters. The number of amides is 1. The number of alkyl halides is 6. The van der Waals surface area contributed by atoms with Gasteiger partial charge >= 0.3 is 12.4 Å². The summed E-state index contributed by atoms with van der Waals surface area (Å²) in [7, 11) is 0. The van der Waals surface area contributed by atoms with Gasteiger partial charge in [-0.25, -0.2) is 0 Å². The van der Waals surface area contributed by atoms with Gasteiger partial charge in [-0.3, -0.25) is 4.79 Å². The van der Waals surface area contributed by atoms with Crippen LogP contribution in [0.5, 0.6) is 0 Å². The first-order valence-electron chi connectivity index (χ1n) is 11.9. The molecule has 5 N–H and O–H groups in total. The lowest BCUT2D eigenvalue weighted by molar-refractivity contribution is -0.138. The Hall–Kier alpha value is -3.15. The Labute approximate surface area is 210 Å². The maximum Gasteiger partial charge on any atom is 0.418 e. The highest BCUT2D eigenvalue weighted by molar-refractivity contribution is 5.77. The standard InChI is InChI=1S/C25H30F6N4O2/c26-24(27,28)16-2-4-17(5-3-16)33-12-1-13-34-23(36)15-37-20-9-6-18(7-10-20)35-19-8-11-22(32)21(14-19)25(29,30)31/h2-5,8,11,14,18,20,33,35H,1,6-7,9-10,12-13,15,32H2,(H,34,36). The van der Waals surface area contributed by atoms with Gasteiger partial charge in [0.2, 0.25) is 5.91 Å². The highest BCUT2D eigenvalue weighted by Crippen LogP contribution is 2.36. The van der Waals surface area contributed by atoms with E-state index < -0.39 is 23.5 Å². The van der Waals surface area contributed by atoms with E-state index in [2.05, 4.69) is 16.0 Å². The van der Waals surface area contributed by atoms with Gasteiger partial charge in [-0.15, -0.1) is 0 Å². The number of carbonyl (C=O) groups is 1. The Morgan fingerprint density at radius 1 is 0.892 bits per heavy atom. The lowest BCUT2D eigenvalue weighted by Gasteiger charge is -2.30. The topological polar surface area (TPSA) is 88.4 Å². The quantitative estimate of drug-likeness (QED) is 0.180. The van der Waals surface area contributed by atoms with Crippen molar-refractivity contribution < 1.29 is 35.9 Å². The van der Waals surface area contributed by atoms with Gasteiger partial charge < -0.3 is 26.4 Å². The number of nitrogen functional groups attached to an aromatic ring is 1. The minimum atomic E-state index is -4.52. The monoisotopic (exact) mass is 532 g/mol. The molecule has 12 heteroatoms. The largest absolute Gasteiger partial charge is 0.418 e. The highest BCUT2D eigenvalue weighted by Gasteiger charge is 2.33. The number of anilines is 3. The maximum absolute atomic E-state index is 13.0. The molecule has 0 heterocycles. The van der Waals surface area contributed by atoms with Crippen LogP contribution in [0.2, 0.25) is 0 Å². The molecule has 3 rings (SSSR count). The second kappa shape index (κ2) is 12.4. The normalized spacial score (nSPS) is 18.3. The van der Waals surface area contributed by atoms with Crippen molar-refractivity contribution in [2.75, 3.05) is 36.1 Å². The Balaban J connectivity index is 1.28. The molecule has 2 aromatic rings. The van der Waals surface area contributed by atoms with Crippen LogP contribution in [-0.2, 0) is 21.9 Å². The molecule has 0 bridgehead atoms. The Morgan fingerprint density at radius 3 is 2.16 bits per heavy atom. The number of nitrogens with one attached hydrogen (secondary N) is 3. The third-order valence-corrected chi connectivity index (χ3v) is 6.07. The predicted molar refractivity (Wildman–Crippen MR) is 129 cm³/mol. The summed E-state index contributed by atoms with van der Waals surface area (Å²) in [6, 6.07) is 8.50. The number of hydrogen-bond donors (Lipinski definition) is 4. The molecule has 204 valence electrons. The van der Waals surface area contributed by atoms with E-state index in [-0.39, 0.29) is 30.3 Å². The van der Waals surface area contributed by atoms with Crippen LogP contribution in [0, 0.1) is 0 Å².